The van der Waals surface area contributed by atoms with Gasteiger partial charge in [0.2, 0.25) is 5.43 Å². The molecule has 0 aliphatic carbocycles. The molecule has 1 amide bonds. The number of fused-ring (bicyclic) bond motifs is 1. The van der Waals surface area contributed by atoms with Gasteiger partial charge < -0.3 is 19.3 Å². The van der Waals surface area contributed by atoms with E-state index in [0.29, 0.717) is 43.7 Å². The molecule has 1 aliphatic heterocycles. The number of benzene rings is 1. The van der Waals surface area contributed by atoms with E-state index >= 15 is 0 Å². The number of aryl methyl sites for hydroxylation is 2. The number of hydrogen-bond acceptors (Lipinski definition) is 8. The number of aromatic hydroxyl groups is 1. The van der Waals surface area contributed by atoms with E-state index in [4.69, 9.17) is 9.26 Å². The average molecular weight is 531 g/mol. The Hall–Kier alpha value is -4.06. The molecule has 0 radical (unpaired) electrons. The quantitative estimate of drug-likeness (QED) is 0.297. The van der Waals surface area contributed by atoms with E-state index < -0.39 is 34.5 Å². The molecule has 2 aromatic heterocycles. The zero-order chi connectivity index (χ0) is 27.4. The lowest BCUT2D eigenvalue weighted by molar-refractivity contribution is 0.0652. The van der Waals surface area contributed by atoms with Crippen LogP contribution in [0.5, 0.6) is 5.75 Å². The first kappa shape index (κ1) is 27.0. The highest BCUT2D eigenvalue weighted by molar-refractivity contribution is 6.00. The topological polar surface area (TPSA) is 118 Å². The van der Waals surface area contributed by atoms with Crippen molar-refractivity contribution in [2.75, 3.05) is 31.4 Å². The highest BCUT2D eigenvalue weighted by atomic mass is 19.1. The second-order valence-electron chi connectivity index (χ2n) is 8.93. The third-order valence-corrected chi connectivity index (χ3v) is 6.17. The summed E-state index contributed by atoms with van der Waals surface area (Å²) < 4.78 is 39.0. The highest BCUT2D eigenvalue weighted by Gasteiger charge is 2.34. The van der Waals surface area contributed by atoms with Gasteiger partial charge in [-0.15, -0.1) is 0 Å². The van der Waals surface area contributed by atoms with Crippen molar-refractivity contribution >= 4 is 11.7 Å². The van der Waals surface area contributed by atoms with Crippen molar-refractivity contribution in [3.63, 3.8) is 0 Å². The number of halogens is 2. The van der Waals surface area contributed by atoms with Crippen LogP contribution < -0.4 is 10.4 Å². The summed E-state index contributed by atoms with van der Waals surface area (Å²) in [5.74, 6) is -3.05. The molecule has 0 saturated heterocycles. The van der Waals surface area contributed by atoms with Crippen LogP contribution in [0.4, 0.5) is 8.78 Å². The predicted molar refractivity (Wildman–Crippen MR) is 132 cm³/mol. The van der Waals surface area contributed by atoms with E-state index in [0.717, 1.165) is 6.07 Å². The van der Waals surface area contributed by atoms with Crippen molar-refractivity contribution in [1.29, 1.82) is 0 Å². The van der Waals surface area contributed by atoms with Crippen LogP contribution in [0.2, 0.25) is 0 Å². The fourth-order valence-corrected chi connectivity index (χ4v) is 4.28. The normalized spacial score (nSPS) is 13.2. The van der Waals surface area contributed by atoms with Crippen molar-refractivity contribution in [3.05, 3.63) is 80.6 Å². The number of carbonyl (C=O) groups is 2. The standard InChI is InChI=1S/C26H28F2N4O6/c1-3-37-10-4-9-30-15-31(13-19-11-16(2)38-29-19)32-14-20(24(34)25(35)23(32)26(30)36)22(33)8-6-17-5-7-18(27)12-21(17)28/h5,7,11-12,14,35H,3-4,6,8-10,13,15H2,1-2H3. The van der Waals surface area contributed by atoms with Gasteiger partial charge in [-0.05, 0) is 38.3 Å². The Morgan fingerprint density at radius 1 is 1.24 bits per heavy atom. The SMILES string of the molecule is CCOCCCN1CN(Cc2cc(C)on2)n2cc(C(=O)CCc3ccc(F)cc3F)c(=O)c(O)c2C1=O. The number of pyridine rings is 1. The molecule has 38 heavy (non-hydrogen) atoms. The minimum absolute atomic E-state index is 0.0820. The molecule has 202 valence electrons. The first-order valence-corrected chi connectivity index (χ1v) is 12.2. The molecule has 0 saturated carbocycles. The molecule has 0 fully saturated rings. The fourth-order valence-electron chi connectivity index (χ4n) is 4.28. The van der Waals surface area contributed by atoms with Crippen LogP contribution in [-0.2, 0) is 17.7 Å². The maximum Gasteiger partial charge on any atom is 0.277 e. The van der Waals surface area contributed by atoms with Gasteiger partial charge in [0.05, 0.1) is 12.1 Å². The van der Waals surface area contributed by atoms with E-state index in [1.807, 2.05) is 6.92 Å². The monoisotopic (exact) mass is 530 g/mol. The molecule has 3 heterocycles. The van der Waals surface area contributed by atoms with Crippen LogP contribution in [-0.4, -0.2) is 58.0 Å². The first-order chi connectivity index (χ1) is 18.2. The predicted octanol–water partition coefficient (Wildman–Crippen LogP) is 2.92. The van der Waals surface area contributed by atoms with Gasteiger partial charge in [0.15, 0.2) is 17.2 Å². The van der Waals surface area contributed by atoms with Crippen LogP contribution in [0.15, 0.2) is 39.8 Å². The Labute approximate surface area is 217 Å². The van der Waals surface area contributed by atoms with Crippen LogP contribution in [0.1, 0.15) is 57.6 Å². The van der Waals surface area contributed by atoms with Crippen molar-refractivity contribution in [3.8, 4) is 5.75 Å². The van der Waals surface area contributed by atoms with Crippen LogP contribution >= 0.6 is 0 Å². The molecule has 0 spiro atoms. The lowest BCUT2D eigenvalue weighted by Crippen LogP contribution is -2.54. The van der Waals surface area contributed by atoms with Gasteiger partial charge in [-0.3, -0.25) is 24.1 Å². The molecule has 1 aliphatic rings. The molecular weight excluding hydrogens is 502 g/mol. The molecule has 1 N–H and O–H groups in total. The zero-order valence-electron chi connectivity index (χ0n) is 21.1. The Morgan fingerprint density at radius 2 is 2.03 bits per heavy atom. The smallest absolute Gasteiger partial charge is 0.277 e. The summed E-state index contributed by atoms with van der Waals surface area (Å²) in [5, 5.41) is 16.4. The van der Waals surface area contributed by atoms with Gasteiger partial charge in [0.1, 0.15) is 29.8 Å². The zero-order valence-corrected chi connectivity index (χ0v) is 21.1. The molecule has 10 nitrogen and oxygen atoms in total. The Kier molecular flexibility index (Phi) is 8.20. The Morgan fingerprint density at radius 3 is 2.71 bits per heavy atom. The van der Waals surface area contributed by atoms with Gasteiger partial charge in [-0.1, -0.05) is 11.2 Å². The molecule has 0 bridgehead atoms. The van der Waals surface area contributed by atoms with E-state index in [-0.39, 0.29) is 42.9 Å². The van der Waals surface area contributed by atoms with Gasteiger partial charge >= 0.3 is 0 Å². The number of Topliss-reactive ketones (excluding diaryl/α,β-unsaturated/α-hetero) is 1. The molecule has 0 unspecified atom stereocenters. The third kappa shape index (κ3) is 5.75. The highest BCUT2D eigenvalue weighted by Crippen LogP contribution is 2.23. The van der Waals surface area contributed by atoms with E-state index in [9.17, 15) is 28.3 Å². The van der Waals surface area contributed by atoms with Crippen LogP contribution in [0, 0.1) is 18.6 Å². The number of nitrogens with zero attached hydrogens (tertiary/aromatic N) is 4. The van der Waals surface area contributed by atoms with Gasteiger partial charge in [0, 0.05) is 44.5 Å². The Bertz CT molecular complexity index is 1400. The molecule has 3 aromatic rings. The summed E-state index contributed by atoms with van der Waals surface area (Å²) >= 11 is 0. The molecule has 12 heteroatoms. The minimum atomic E-state index is -0.998. The number of ether oxygens (including phenoxy) is 1. The van der Waals surface area contributed by atoms with Gasteiger partial charge in [-0.2, -0.15) is 0 Å². The van der Waals surface area contributed by atoms with Crippen molar-refractivity contribution in [2.45, 2.75) is 39.7 Å². The van der Waals surface area contributed by atoms with Crippen molar-refractivity contribution < 1.29 is 32.7 Å². The number of rotatable bonds is 11. The third-order valence-electron chi connectivity index (χ3n) is 6.17. The average Bonchev–Trinajstić information content (AvgIpc) is 3.29. The molecule has 0 atom stereocenters. The molecule has 1 aromatic carbocycles. The first-order valence-electron chi connectivity index (χ1n) is 12.2. The molecule has 4 rings (SSSR count). The number of hydrogen-bond donors (Lipinski definition) is 1. The second kappa shape index (κ2) is 11.5. The number of amides is 1. The van der Waals surface area contributed by atoms with Crippen molar-refractivity contribution in [1.82, 2.24) is 14.7 Å². The Balaban J connectivity index is 1.65. The maximum absolute atomic E-state index is 14.0. The van der Waals surface area contributed by atoms with E-state index in [1.54, 1.807) is 18.0 Å². The summed E-state index contributed by atoms with van der Waals surface area (Å²) in [5.41, 5.74) is -0.980. The summed E-state index contributed by atoms with van der Waals surface area (Å²) in [4.78, 5) is 40.7. The summed E-state index contributed by atoms with van der Waals surface area (Å²) in [6.45, 7) is 5.11. The largest absolute Gasteiger partial charge is 0.502 e. The lowest BCUT2D eigenvalue weighted by atomic mass is 10.0. The van der Waals surface area contributed by atoms with Gasteiger partial charge in [-0.25, -0.2) is 8.78 Å². The van der Waals surface area contributed by atoms with Gasteiger partial charge in [0.25, 0.3) is 5.91 Å². The number of carbonyl (C=O) groups excluding carboxylic acids is 2. The van der Waals surface area contributed by atoms with E-state index in [1.165, 1.54) is 21.8 Å². The summed E-state index contributed by atoms with van der Waals surface area (Å²) in [6, 6.07) is 4.74. The second-order valence-corrected chi connectivity index (χ2v) is 8.93. The molecular formula is C26H28F2N4O6. The van der Waals surface area contributed by atoms with Crippen LogP contribution in [0.25, 0.3) is 0 Å². The summed E-state index contributed by atoms with van der Waals surface area (Å²) in [7, 11) is 0. The number of ketones is 1. The van der Waals surface area contributed by atoms with Crippen molar-refractivity contribution in [2.24, 2.45) is 0 Å². The maximum atomic E-state index is 14.0. The van der Waals surface area contributed by atoms with E-state index in [2.05, 4.69) is 5.16 Å². The fraction of sp³-hybridized carbons (Fsp3) is 0.385. The minimum Gasteiger partial charge on any atom is -0.502 e. The lowest BCUT2D eigenvalue weighted by Gasteiger charge is -2.39. The number of aromatic nitrogens is 2. The van der Waals surface area contributed by atoms with Crippen LogP contribution in [0.3, 0.4) is 0 Å². The summed E-state index contributed by atoms with van der Waals surface area (Å²) in [6.07, 6.45) is 1.40.